The van der Waals surface area contributed by atoms with Gasteiger partial charge in [-0.15, -0.1) is 0 Å². The Morgan fingerprint density at radius 3 is 2.75 bits per heavy atom. The predicted octanol–water partition coefficient (Wildman–Crippen LogP) is -1.23. The number of hydrogen-bond donors (Lipinski definition) is 2. The van der Waals surface area contributed by atoms with Crippen molar-refractivity contribution in [1.29, 1.82) is 0 Å². The Bertz CT molecular complexity index is 404. The van der Waals surface area contributed by atoms with Crippen molar-refractivity contribution >= 4 is 21.6 Å². The van der Waals surface area contributed by atoms with Crippen molar-refractivity contribution in [1.82, 2.24) is 4.90 Å². The van der Waals surface area contributed by atoms with E-state index < -0.39 is 9.84 Å². The molecule has 92 valence electrons. The first-order valence-electron chi connectivity index (χ1n) is 4.82. The SMILES string of the molecule is CC1CS(=O)(=O)CCN1C(=O)CC(N)=NO. The molecule has 0 aliphatic carbocycles. The van der Waals surface area contributed by atoms with Crippen molar-refractivity contribution < 1.29 is 18.4 Å². The second-order valence-corrected chi connectivity index (χ2v) is 6.05. The van der Waals surface area contributed by atoms with Crippen molar-refractivity contribution in [3.63, 3.8) is 0 Å². The molecule has 0 saturated carbocycles. The van der Waals surface area contributed by atoms with E-state index in [0.29, 0.717) is 0 Å². The predicted molar refractivity (Wildman–Crippen MR) is 57.9 cm³/mol. The van der Waals surface area contributed by atoms with E-state index in [1.54, 1.807) is 6.92 Å². The van der Waals surface area contributed by atoms with Gasteiger partial charge in [0.1, 0.15) is 5.84 Å². The van der Waals surface area contributed by atoms with Crippen LogP contribution in [0.1, 0.15) is 13.3 Å². The van der Waals surface area contributed by atoms with E-state index in [2.05, 4.69) is 5.16 Å². The molecular formula is C8H15N3O4S. The lowest BCUT2D eigenvalue weighted by Crippen LogP contribution is -2.50. The Balaban J connectivity index is 2.66. The fourth-order valence-electron chi connectivity index (χ4n) is 1.66. The fraction of sp³-hybridized carbons (Fsp3) is 0.750. The first-order chi connectivity index (χ1) is 7.35. The van der Waals surface area contributed by atoms with Crippen LogP contribution in [0.15, 0.2) is 5.16 Å². The highest BCUT2D eigenvalue weighted by Crippen LogP contribution is 2.12. The zero-order chi connectivity index (χ0) is 12.3. The fourth-order valence-corrected chi connectivity index (χ4v) is 3.22. The molecular weight excluding hydrogens is 234 g/mol. The lowest BCUT2D eigenvalue weighted by Gasteiger charge is -2.33. The van der Waals surface area contributed by atoms with E-state index in [0.717, 1.165) is 0 Å². The van der Waals surface area contributed by atoms with Gasteiger partial charge in [0.2, 0.25) is 5.91 Å². The summed E-state index contributed by atoms with van der Waals surface area (Å²) in [5.74, 6) is -0.558. The zero-order valence-electron chi connectivity index (χ0n) is 8.96. The molecule has 1 heterocycles. The molecule has 1 atom stereocenters. The minimum Gasteiger partial charge on any atom is -0.409 e. The molecule has 1 amide bonds. The Labute approximate surface area is 93.8 Å². The van der Waals surface area contributed by atoms with Gasteiger partial charge in [-0.1, -0.05) is 5.16 Å². The molecule has 3 N–H and O–H groups in total. The first-order valence-corrected chi connectivity index (χ1v) is 6.64. The highest BCUT2D eigenvalue weighted by Gasteiger charge is 2.31. The summed E-state index contributed by atoms with van der Waals surface area (Å²) in [7, 11) is -3.04. The summed E-state index contributed by atoms with van der Waals surface area (Å²) in [4.78, 5) is 13.1. The molecule has 1 rings (SSSR count). The molecule has 0 bridgehead atoms. The second-order valence-electron chi connectivity index (χ2n) is 3.82. The van der Waals surface area contributed by atoms with Crippen molar-refractivity contribution in [2.75, 3.05) is 18.1 Å². The Morgan fingerprint density at radius 2 is 2.25 bits per heavy atom. The smallest absolute Gasteiger partial charge is 0.230 e. The molecule has 1 saturated heterocycles. The van der Waals surface area contributed by atoms with Crippen LogP contribution in [0.4, 0.5) is 0 Å². The number of hydrogen-bond acceptors (Lipinski definition) is 5. The van der Waals surface area contributed by atoms with E-state index in [4.69, 9.17) is 10.9 Å². The van der Waals surface area contributed by atoms with Gasteiger partial charge in [0.05, 0.1) is 17.9 Å². The van der Waals surface area contributed by atoms with Gasteiger partial charge in [-0.25, -0.2) is 8.42 Å². The third kappa shape index (κ3) is 3.09. The normalized spacial score (nSPS) is 25.4. The first kappa shape index (κ1) is 12.8. The van der Waals surface area contributed by atoms with Crippen molar-refractivity contribution in [3.8, 4) is 0 Å². The molecule has 1 aliphatic heterocycles. The Hall–Kier alpha value is -1.31. The maximum absolute atomic E-state index is 11.6. The molecule has 0 aromatic heterocycles. The lowest BCUT2D eigenvalue weighted by atomic mass is 10.2. The van der Waals surface area contributed by atoms with E-state index >= 15 is 0 Å². The van der Waals surface area contributed by atoms with Gasteiger partial charge in [0.15, 0.2) is 9.84 Å². The summed E-state index contributed by atoms with van der Waals surface area (Å²) < 4.78 is 22.6. The van der Waals surface area contributed by atoms with Crippen LogP contribution in [0.2, 0.25) is 0 Å². The minimum atomic E-state index is -3.04. The van der Waals surface area contributed by atoms with Crippen LogP contribution in [0.5, 0.6) is 0 Å². The van der Waals surface area contributed by atoms with Crippen LogP contribution in [0, 0.1) is 0 Å². The van der Waals surface area contributed by atoms with Gasteiger partial charge in [0, 0.05) is 12.6 Å². The molecule has 1 fully saturated rings. The molecule has 1 aliphatic rings. The third-order valence-electron chi connectivity index (χ3n) is 2.45. The molecule has 0 aromatic rings. The average Bonchev–Trinajstić information content (AvgIpc) is 2.15. The third-order valence-corrected chi connectivity index (χ3v) is 4.25. The summed E-state index contributed by atoms with van der Waals surface area (Å²) in [6.45, 7) is 1.84. The summed E-state index contributed by atoms with van der Waals surface area (Å²) >= 11 is 0. The quantitative estimate of drug-likeness (QED) is 0.275. The summed E-state index contributed by atoms with van der Waals surface area (Å²) in [6, 6.07) is -0.363. The number of rotatable bonds is 2. The number of carbonyl (C=O) groups is 1. The molecule has 16 heavy (non-hydrogen) atoms. The van der Waals surface area contributed by atoms with Crippen LogP contribution in [0.25, 0.3) is 0 Å². The second kappa shape index (κ2) is 4.69. The Morgan fingerprint density at radius 1 is 1.62 bits per heavy atom. The van der Waals surface area contributed by atoms with Crippen molar-refractivity contribution in [2.24, 2.45) is 10.9 Å². The van der Waals surface area contributed by atoms with Crippen LogP contribution >= 0.6 is 0 Å². The molecule has 0 spiro atoms. The van der Waals surface area contributed by atoms with Crippen LogP contribution < -0.4 is 5.73 Å². The van der Waals surface area contributed by atoms with Crippen LogP contribution in [0.3, 0.4) is 0 Å². The van der Waals surface area contributed by atoms with E-state index in [1.807, 2.05) is 0 Å². The van der Waals surface area contributed by atoms with Crippen LogP contribution in [-0.4, -0.2) is 54.4 Å². The summed E-state index contributed by atoms with van der Waals surface area (Å²) in [6.07, 6.45) is -0.194. The van der Waals surface area contributed by atoms with E-state index in [-0.39, 0.29) is 42.3 Å². The summed E-state index contributed by atoms with van der Waals surface area (Å²) in [5, 5.41) is 11.0. The van der Waals surface area contributed by atoms with Gasteiger partial charge in [-0.05, 0) is 6.92 Å². The number of nitrogens with two attached hydrogens (primary N) is 1. The summed E-state index contributed by atoms with van der Waals surface area (Å²) in [5.41, 5.74) is 5.21. The molecule has 1 unspecified atom stereocenters. The van der Waals surface area contributed by atoms with Crippen molar-refractivity contribution in [3.05, 3.63) is 0 Å². The average molecular weight is 249 g/mol. The monoisotopic (exact) mass is 249 g/mol. The van der Waals surface area contributed by atoms with Gasteiger partial charge < -0.3 is 15.8 Å². The highest BCUT2D eigenvalue weighted by molar-refractivity contribution is 7.91. The maximum atomic E-state index is 11.6. The lowest BCUT2D eigenvalue weighted by molar-refractivity contribution is -0.131. The highest BCUT2D eigenvalue weighted by atomic mass is 32.2. The largest absolute Gasteiger partial charge is 0.409 e. The number of amides is 1. The van der Waals surface area contributed by atoms with Crippen molar-refractivity contribution in [2.45, 2.75) is 19.4 Å². The number of carbonyl (C=O) groups excluding carboxylic acids is 1. The molecule has 7 nitrogen and oxygen atoms in total. The number of nitrogens with zero attached hydrogens (tertiary/aromatic N) is 2. The number of amidine groups is 1. The Kier molecular flexibility index (Phi) is 3.74. The van der Waals surface area contributed by atoms with E-state index in [1.165, 1.54) is 4.90 Å². The van der Waals surface area contributed by atoms with Gasteiger partial charge in [0.25, 0.3) is 0 Å². The molecule has 8 heteroatoms. The molecule has 0 radical (unpaired) electrons. The molecule has 0 aromatic carbocycles. The zero-order valence-corrected chi connectivity index (χ0v) is 9.77. The van der Waals surface area contributed by atoms with E-state index in [9.17, 15) is 13.2 Å². The standard InChI is InChI=1S/C8H15N3O4S/c1-6-5-16(14,15)3-2-11(6)8(12)4-7(9)10-13/h6,13H,2-5H2,1H3,(H2,9,10). The minimum absolute atomic E-state index is 0.0285. The maximum Gasteiger partial charge on any atom is 0.230 e. The topological polar surface area (TPSA) is 113 Å². The van der Waals surface area contributed by atoms with Crippen LogP contribution in [-0.2, 0) is 14.6 Å². The number of sulfone groups is 1. The van der Waals surface area contributed by atoms with Gasteiger partial charge in [-0.2, -0.15) is 0 Å². The van der Waals surface area contributed by atoms with Gasteiger partial charge in [-0.3, -0.25) is 4.79 Å². The number of oxime groups is 1. The van der Waals surface area contributed by atoms with Gasteiger partial charge >= 0.3 is 0 Å².